The number of nitrogens with zero attached hydrogens (tertiary/aromatic N) is 1. The fraction of sp³-hybridized carbons (Fsp3) is 0.364. The van der Waals surface area contributed by atoms with Crippen molar-refractivity contribution in [1.29, 1.82) is 0 Å². The summed E-state index contributed by atoms with van der Waals surface area (Å²) in [5.74, 6) is 0. The third-order valence-electron chi connectivity index (χ3n) is 2.12. The van der Waals surface area contributed by atoms with E-state index in [0.717, 1.165) is 10.9 Å². The molecule has 0 aliphatic carbocycles. The topological polar surface area (TPSA) is 109 Å². The molecule has 0 saturated carbocycles. The number of hydrogen-bond acceptors (Lipinski definition) is 5. The Morgan fingerprint density at radius 3 is 2.05 bits per heavy atom. The summed E-state index contributed by atoms with van der Waals surface area (Å²) >= 11 is 6.00. The normalized spacial score (nSPS) is 12.2. The fourth-order valence-corrected chi connectivity index (χ4v) is 1.72. The lowest BCUT2D eigenvalue weighted by atomic mass is 10.1. The van der Waals surface area contributed by atoms with Crippen LogP contribution in [-0.4, -0.2) is 0 Å². The Balaban J connectivity index is 0.000000312. The molecule has 6 nitrogen and oxygen atoms in total. The van der Waals surface area contributed by atoms with Gasteiger partial charge in [0.1, 0.15) is 5.39 Å². The minimum absolute atomic E-state index is 0.0905. The van der Waals surface area contributed by atoms with E-state index in [1.807, 2.05) is 29.0 Å². The molecule has 19 heavy (non-hydrogen) atoms. The second-order valence-corrected chi connectivity index (χ2v) is 5.82. The van der Waals surface area contributed by atoms with Gasteiger partial charge in [-0.15, -0.1) is 10.2 Å². The maximum atomic E-state index is 8.49. The molecule has 1 heterocycles. The molecule has 8 heteroatoms. The van der Waals surface area contributed by atoms with Crippen LogP contribution in [0.5, 0.6) is 0 Å². The summed E-state index contributed by atoms with van der Waals surface area (Å²) in [7, 11) is -4.94. The molecule has 0 amide bonds. The largest absolute Gasteiger partial charge is 0.284 e. The Labute approximate surface area is 117 Å². The SMILES string of the molecule is CC(C)(C)[n+]1oc(Cl)c2ccccc21.[O-][Cl+3]([O-])([O-])[O-]. The number of benzene rings is 1. The molecule has 0 N–H and O–H groups in total. The Hall–Kier alpha value is -0.890. The lowest BCUT2D eigenvalue weighted by Crippen LogP contribution is -2.68. The van der Waals surface area contributed by atoms with E-state index in [9.17, 15) is 0 Å². The Morgan fingerprint density at radius 1 is 1.11 bits per heavy atom. The van der Waals surface area contributed by atoms with Crippen molar-refractivity contribution < 1.29 is 38.1 Å². The van der Waals surface area contributed by atoms with E-state index < -0.39 is 10.2 Å². The smallest absolute Gasteiger partial charge is 0.222 e. The van der Waals surface area contributed by atoms with Crippen molar-refractivity contribution in [1.82, 2.24) is 0 Å². The van der Waals surface area contributed by atoms with Crippen LogP contribution in [0.15, 0.2) is 28.8 Å². The van der Waals surface area contributed by atoms with Crippen LogP contribution in [0, 0.1) is 10.2 Å². The predicted molar refractivity (Wildman–Crippen MR) is 56.4 cm³/mol. The van der Waals surface area contributed by atoms with Gasteiger partial charge in [0.2, 0.25) is 5.54 Å². The first kappa shape index (κ1) is 16.2. The molecule has 2 rings (SSSR count). The van der Waals surface area contributed by atoms with Crippen molar-refractivity contribution in [2.24, 2.45) is 0 Å². The van der Waals surface area contributed by atoms with E-state index >= 15 is 0 Å². The summed E-state index contributed by atoms with van der Waals surface area (Å²) in [4.78, 5) is 0. The van der Waals surface area contributed by atoms with E-state index in [4.69, 9.17) is 34.8 Å². The van der Waals surface area contributed by atoms with Gasteiger partial charge in [-0.2, -0.15) is 0 Å². The number of rotatable bonds is 0. The number of para-hydroxylation sites is 1. The van der Waals surface area contributed by atoms with Crippen LogP contribution in [0.1, 0.15) is 20.8 Å². The van der Waals surface area contributed by atoms with Crippen LogP contribution in [0.3, 0.4) is 0 Å². The minimum atomic E-state index is -4.94. The third kappa shape index (κ3) is 4.94. The molecule has 0 saturated heterocycles. The molecule has 0 spiro atoms. The lowest BCUT2D eigenvalue weighted by molar-refractivity contribution is -2.00. The molecule has 1 aromatic heterocycles. The highest BCUT2D eigenvalue weighted by Gasteiger charge is 2.31. The van der Waals surface area contributed by atoms with Gasteiger partial charge in [-0.1, -0.05) is 12.1 Å². The van der Waals surface area contributed by atoms with Crippen molar-refractivity contribution in [3.05, 3.63) is 29.5 Å². The van der Waals surface area contributed by atoms with E-state index in [1.165, 1.54) is 0 Å². The molecule has 0 radical (unpaired) electrons. The van der Waals surface area contributed by atoms with E-state index in [2.05, 4.69) is 20.8 Å². The van der Waals surface area contributed by atoms with Gasteiger partial charge < -0.3 is 0 Å². The summed E-state index contributed by atoms with van der Waals surface area (Å²) in [6.45, 7) is 6.25. The summed E-state index contributed by atoms with van der Waals surface area (Å²) < 4.78 is 41.3. The first-order valence-electron chi connectivity index (χ1n) is 5.22. The van der Waals surface area contributed by atoms with Gasteiger partial charge in [-0.25, -0.2) is 23.2 Å². The first-order chi connectivity index (χ1) is 8.50. The zero-order chi connectivity index (χ0) is 14.8. The van der Waals surface area contributed by atoms with Crippen molar-refractivity contribution in [3.63, 3.8) is 0 Å². The van der Waals surface area contributed by atoms with Gasteiger partial charge >= 0.3 is 0 Å². The number of halogens is 2. The van der Waals surface area contributed by atoms with E-state index in [1.54, 1.807) is 0 Å². The van der Waals surface area contributed by atoms with Crippen molar-refractivity contribution in [3.8, 4) is 0 Å². The summed E-state index contributed by atoms with van der Waals surface area (Å²) in [5, 5.41) is 1.42. The molecule has 106 valence electrons. The van der Waals surface area contributed by atoms with Crippen molar-refractivity contribution in [2.45, 2.75) is 26.3 Å². The number of aromatic nitrogens is 1. The Kier molecular flexibility index (Phi) is 4.78. The van der Waals surface area contributed by atoms with Gasteiger partial charge in [0.25, 0.3) is 10.7 Å². The van der Waals surface area contributed by atoms with Crippen LogP contribution in [-0.2, 0) is 5.54 Å². The monoisotopic (exact) mass is 309 g/mol. The maximum Gasteiger partial charge on any atom is 0.284 e. The quantitative estimate of drug-likeness (QED) is 0.543. The molecular formula is C11H13Cl2NO5. The van der Waals surface area contributed by atoms with Gasteiger partial charge in [0, 0.05) is 26.8 Å². The number of fused-ring (bicyclic) bond motifs is 1. The lowest BCUT2D eigenvalue weighted by Gasteiger charge is -2.17. The third-order valence-corrected chi connectivity index (χ3v) is 2.39. The van der Waals surface area contributed by atoms with Crippen molar-refractivity contribution >= 4 is 22.5 Å². The van der Waals surface area contributed by atoms with Crippen molar-refractivity contribution in [2.75, 3.05) is 0 Å². The minimum Gasteiger partial charge on any atom is -0.222 e. The molecule has 0 aliphatic rings. The summed E-state index contributed by atoms with van der Waals surface area (Å²) in [6.07, 6.45) is 0. The molecule has 2 aromatic rings. The van der Waals surface area contributed by atoms with E-state index in [0.29, 0.717) is 5.22 Å². The second-order valence-electron chi connectivity index (χ2n) is 4.73. The van der Waals surface area contributed by atoms with Crippen LogP contribution in [0.4, 0.5) is 0 Å². The number of hydrogen-bond donors (Lipinski definition) is 0. The molecule has 1 aromatic carbocycles. The summed E-state index contributed by atoms with van der Waals surface area (Å²) in [5.41, 5.74) is 0.942. The Morgan fingerprint density at radius 2 is 1.58 bits per heavy atom. The standard InChI is InChI=1S/C11H13ClNO.ClHO4/c1-11(2,3)13-9-7-5-4-6-8(9)10(12)14-13;2-1(3,4)5/h4-7H,1-3H3;(H,2,3,4,5)/q+1;/p-1. The van der Waals surface area contributed by atoms with Gasteiger partial charge in [0.05, 0.1) is 0 Å². The summed E-state index contributed by atoms with van der Waals surface area (Å²) in [6, 6.07) is 7.91. The molecule has 0 atom stereocenters. The zero-order valence-electron chi connectivity index (χ0n) is 10.6. The maximum absolute atomic E-state index is 8.49. The fourth-order valence-electron chi connectivity index (χ4n) is 1.49. The Bertz CT molecular complexity index is 550. The van der Waals surface area contributed by atoms with Crippen LogP contribution >= 0.6 is 11.6 Å². The first-order valence-corrected chi connectivity index (χ1v) is 6.83. The molecule has 0 bridgehead atoms. The predicted octanol–water partition coefficient (Wildman–Crippen LogP) is -1.63. The van der Waals surface area contributed by atoms with E-state index in [-0.39, 0.29) is 5.54 Å². The second kappa shape index (κ2) is 5.62. The van der Waals surface area contributed by atoms with Crippen LogP contribution < -0.4 is 23.4 Å². The van der Waals surface area contributed by atoms with Crippen LogP contribution in [0.25, 0.3) is 10.9 Å². The average Bonchev–Trinajstić information content (AvgIpc) is 2.54. The molecule has 0 fully saturated rings. The highest BCUT2D eigenvalue weighted by atomic mass is 35.7. The zero-order valence-corrected chi connectivity index (χ0v) is 12.1. The molecular weight excluding hydrogens is 297 g/mol. The van der Waals surface area contributed by atoms with Gasteiger partial charge in [-0.3, -0.25) is 0 Å². The van der Waals surface area contributed by atoms with Gasteiger partial charge in [0.15, 0.2) is 0 Å². The van der Waals surface area contributed by atoms with Crippen LogP contribution in [0.2, 0.25) is 5.22 Å². The average molecular weight is 310 g/mol. The molecule has 0 aliphatic heterocycles. The highest BCUT2D eigenvalue weighted by Crippen LogP contribution is 2.23. The van der Waals surface area contributed by atoms with Gasteiger partial charge in [-0.05, 0) is 22.4 Å². The molecule has 0 unspecified atom stereocenters. The highest BCUT2D eigenvalue weighted by molar-refractivity contribution is 6.33.